The minimum Gasteiger partial charge on any atom is -0.348 e. The Morgan fingerprint density at radius 2 is 2.23 bits per heavy atom. The number of aromatic nitrogens is 1. The summed E-state index contributed by atoms with van der Waals surface area (Å²) in [6, 6.07) is 1.93. The molecule has 1 aromatic rings. The van der Waals surface area contributed by atoms with E-state index in [1.165, 1.54) is 18.5 Å². The molecule has 0 aliphatic heterocycles. The molecule has 1 aromatic heterocycles. The van der Waals surface area contributed by atoms with Gasteiger partial charge in [0.25, 0.3) is 0 Å². The van der Waals surface area contributed by atoms with Gasteiger partial charge in [-0.3, -0.25) is 4.79 Å². The summed E-state index contributed by atoms with van der Waals surface area (Å²) < 4.78 is 4.10. The summed E-state index contributed by atoms with van der Waals surface area (Å²) in [5.74, 6) is -0.0227. The zero-order valence-corrected chi connectivity index (χ0v) is 9.31. The maximum atomic E-state index is 10.6. The average molecular weight is 200 g/mol. The van der Waals surface area contributed by atoms with Gasteiger partial charge in [-0.25, -0.2) is 0 Å². The van der Waals surface area contributed by atoms with Gasteiger partial charge in [0.05, 0.1) is 11.7 Å². The molecule has 1 N–H and O–H groups in total. The number of carbonyl (C=O) groups excluding carboxylic acids is 1. The van der Waals surface area contributed by atoms with Crippen LogP contribution < -0.4 is 5.32 Å². The van der Waals surface area contributed by atoms with E-state index in [2.05, 4.69) is 9.69 Å². The lowest BCUT2D eigenvalue weighted by Gasteiger charge is -2.07. The lowest BCUT2D eigenvalue weighted by Crippen LogP contribution is -2.23. The van der Waals surface area contributed by atoms with E-state index in [0.29, 0.717) is 0 Å². The van der Waals surface area contributed by atoms with Crippen molar-refractivity contribution in [1.29, 1.82) is 0 Å². The minimum absolute atomic E-state index is 0.0227. The van der Waals surface area contributed by atoms with Crippen LogP contribution in [0.4, 0.5) is 0 Å². The number of rotatable bonds is 2. The van der Waals surface area contributed by atoms with Gasteiger partial charge >= 0.3 is 0 Å². The summed E-state index contributed by atoms with van der Waals surface area (Å²) in [7, 11) is 0. The number of amides is 1. The van der Waals surface area contributed by atoms with E-state index >= 15 is 0 Å². The zero-order chi connectivity index (χ0) is 10.3. The molecule has 1 amide bonds. The van der Waals surface area contributed by atoms with Crippen LogP contribution in [0.3, 0.4) is 0 Å². The Kier molecular flexibility index (Phi) is 6.14. The fourth-order valence-corrected chi connectivity index (χ4v) is 1.43. The molecule has 3 nitrogen and oxygen atoms in total. The van der Waals surface area contributed by atoms with Crippen LogP contribution in [-0.2, 0) is 4.79 Å². The SMILES string of the molecule is CC.CC(=O)NC(C)c1ccsn1. The molecule has 1 heterocycles. The van der Waals surface area contributed by atoms with Crippen molar-refractivity contribution in [3.05, 3.63) is 17.1 Å². The maximum absolute atomic E-state index is 10.6. The fourth-order valence-electron chi connectivity index (χ4n) is 0.824. The van der Waals surface area contributed by atoms with E-state index in [0.717, 1.165) is 5.69 Å². The second-order valence-corrected chi connectivity index (χ2v) is 3.01. The first-order valence-electron chi connectivity index (χ1n) is 4.37. The fraction of sp³-hybridized carbons (Fsp3) is 0.556. The van der Waals surface area contributed by atoms with Gasteiger partial charge in [-0.1, -0.05) is 13.8 Å². The van der Waals surface area contributed by atoms with Crippen molar-refractivity contribution in [3.8, 4) is 0 Å². The number of nitrogens with one attached hydrogen (secondary N) is 1. The summed E-state index contributed by atoms with van der Waals surface area (Å²) in [4.78, 5) is 10.6. The molecule has 4 heteroatoms. The van der Waals surface area contributed by atoms with E-state index in [9.17, 15) is 4.79 Å². The second-order valence-electron chi connectivity index (χ2n) is 2.35. The summed E-state index contributed by atoms with van der Waals surface area (Å²) in [6.45, 7) is 7.42. The van der Waals surface area contributed by atoms with E-state index < -0.39 is 0 Å². The molecule has 1 unspecified atom stereocenters. The lowest BCUT2D eigenvalue weighted by molar-refractivity contribution is -0.119. The second kappa shape index (κ2) is 6.60. The topological polar surface area (TPSA) is 42.0 Å². The Hall–Kier alpha value is -0.900. The van der Waals surface area contributed by atoms with Crippen LogP contribution in [0.1, 0.15) is 39.4 Å². The first-order valence-corrected chi connectivity index (χ1v) is 5.21. The molecule has 0 aromatic carbocycles. The molecule has 0 aliphatic carbocycles. The first kappa shape index (κ1) is 12.1. The Morgan fingerprint density at radius 3 is 2.62 bits per heavy atom. The van der Waals surface area contributed by atoms with Gasteiger partial charge < -0.3 is 5.32 Å². The zero-order valence-electron chi connectivity index (χ0n) is 8.50. The van der Waals surface area contributed by atoms with Crippen LogP contribution in [0.5, 0.6) is 0 Å². The predicted octanol–water partition coefficient (Wildman–Crippen LogP) is 2.37. The van der Waals surface area contributed by atoms with Crippen molar-refractivity contribution in [2.45, 2.75) is 33.7 Å². The van der Waals surface area contributed by atoms with Gasteiger partial charge in [0.1, 0.15) is 0 Å². The van der Waals surface area contributed by atoms with Crippen molar-refractivity contribution in [2.24, 2.45) is 0 Å². The number of hydrogen-bond acceptors (Lipinski definition) is 3. The molecule has 0 fully saturated rings. The number of carbonyl (C=O) groups is 1. The van der Waals surface area contributed by atoms with E-state index in [-0.39, 0.29) is 11.9 Å². The largest absolute Gasteiger partial charge is 0.348 e. The Labute approximate surface area is 83.3 Å². The van der Waals surface area contributed by atoms with Gasteiger partial charge in [0, 0.05) is 12.3 Å². The van der Waals surface area contributed by atoms with Crippen molar-refractivity contribution >= 4 is 17.4 Å². The standard InChI is InChI=1S/C7H10N2OS.C2H6/c1-5(8-6(2)10)7-3-4-11-9-7;1-2/h3-5H,1-2H3,(H,8,10);1-2H3. The van der Waals surface area contributed by atoms with Gasteiger partial charge in [0.2, 0.25) is 5.91 Å². The smallest absolute Gasteiger partial charge is 0.217 e. The van der Waals surface area contributed by atoms with Crippen molar-refractivity contribution < 1.29 is 4.79 Å². The predicted molar refractivity (Wildman–Crippen MR) is 55.7 cm³/mol. The third-order valence-electron chi connectivity index (χ3n) is 1.32. The van der Waals surface area contributed by atoms with Crippen LogP contribution in [0, 0.1) is 0 Å². The highest BCUT2D eigenvalue weighted by Gasteiger charge is 2.06. The third kappa shape index (κ3) is 4.62. The quantitative estimate of drug-likeness (QED) is 0.796. The minimum atomic E-state index is -0.0227. The van der Waals surface area contributed by atoms with Gasteiger partial charge in [0.15, 0.2) is 0 Å². The Balaban J connectivity index is 0.000000671. The molecule has 0 spiro atoms. The van der Waals surface area contributed by atoms with Crippen LogP contribution in [0.15, 0.2) is 11.4 Å². The normalized spacial score (nSPS) is 11.1. The van der Waals surface area contributed by atoms with Crippen molar-refractivity contribution in [3.63, 3.8) is 0 Å². The number of nitrogens with zero attached hydrogens (tertiary/aromatic N) is 1. The van der Waals surface area contributed by atoms with Crippen molar-refractivity contribution in [2.75, 3.05) is 0 Å². The summed E-state index contributed by atoms with van der Waals surface area (Å²) in [5, 5.41) is 4.65. The lowest BCUT2D eigenvalue weighted by atomic mass is 10.2. The third-order valence-corrected chi connectivity index (χ3v) is 1.90. The molecule has 74 valence electrons. The van der Waals surface area contributed by atoms with Crippen LogP contribution in [0.25, 0.3) is 0 Å². The molecule has 0 radical (unpaired) electrons. The molecular weight excluding hydrogens is 184 g/mol. The Morgan fingerprint density at radius 1 is 1.62 bits per heavy atom. The molecule has 0 bridgehead atoms. The highest BCUT2D eigenvalue weighted by molar-refractivity contribution is 7.03. The van der Waals surface area contributed by atoms with E-state index in [1.54, 1.807) is 0 Å². The maximum Gasteiger partial charge on any atom is 0.217 e. The molecule has 1 rings (SSSR count). The molecule has 0 saturated carbocycles. The molecule has 1 atom stereocenters. The molecule has 13 heavy (non-hydrogen) atoms. The van der Waals surface area contributed by atoms with Gasteiger partial charge in [-0.05, 0) is 24.5 Å². The Bertz CT molecular complexity index is 234. The highest BCUT2D eigenvalue weighted by Crippen LogP contribution is 2.10. The molecular formula is C9H16N2OS. The average Bonchev–Trinajstić information content (AvgIpc) is 2.58. The summed E-state index contributed by atoms with van der Waals surface area (Å²) in [5.41, 5.74) is 0.921. The van der Waals surface area contributed by atoms with E-state index in [4.69, 9.17) is 0 Å². The first-order chi connectivity index (χ1) is 6.20. The summed E-state index contributed by atoms with van der Waals surface area (Å²) in [6.07, 6.45) is 0. The molecule has 0 saturated heterocycles. The van der Waals surface area contributed by atoms with Crippen LogP contribution in [0.2, 0.25) is 0 Å². The van der Waals surface area contributed by atoms with Crippen LogP contribution in [-0.4, -0.2) is 10.3 Å². The highest BCUT2D eigenvalue weighted by atomic mass is 32.1. The summed E-state index contributed by atoms with van der Waals surface area (Å²) >= 11 is 1.39. The van der Waals surface area contributed by atoms with Crippen LogP contribution >= 0.6 is 11.5 Å². The monoisotopic (exact) mass is 200 g/mol. The van der Waals surface area contributed by atoms with Crippen molar-refractivity contribution in [1.82, 2.24) is 9.69 Å². The number of hydrogen-bond donors (Lipinski definition) is 1. The van der Waals surface area contributed by atoms with Gasteiger partial charge in [-0.15, -0.1) is 0 Å². The molecule has 0 aliphatic rings. The van der Waals surface area contributed by atoms with E-state index in [1.807, 2.05) is 32.2 Å². The van der Waals surface area contributed by atoms with Gasteiger partial charge in [-0.2, -0.15) is 4.37 Å².